The van der Waals surface area contributed by atoms with E-state index in [-0.39, 0.29) is 18.3 Å². The second-order valence-corrected chi connectivity index (χ2v) is 4.51. The van der Waals surface area contributed by atoms with Gasteiger partial charge in [-0.05, 0) is 18.1 Å². The van der Waals surface area contributed by atoms with Crippen molar-refractivity contribution in [1.82, 2.24) is 5.32 Å². The summed E-state index contributed by atoms with van der Waals surface area (Å²) in [4.78, 5) is 11.7. The number of carbonyl (C=O) groups is 1. The van der Waals surface area contributed by atoms with Crippen LogP contribution in [-0.4, -0.2) is 23.3 Å². The van der Waals surface area contributed by atoms with Crippen LogP contribution in [0.5, 0.6) is 0 Å². The van der Waals surface area contributed by atoms with Gasteiger partial charge in [0, 0.05) is 11.4 Å². The molecule has 0 unspecified atom stereocenters. The molecule has 0 saturated heterocycles. The van der Waals surface area contributed by atoms with Crippen molar-refractivity contribution in [3.05, 3.63) is 29.6 Å². The highest BCUT2D eigenvalue weighted by Crippen LogP contribution is 2.25. The van der Waals surface area contributed by atoms with Crippen LogP contribution >= 0.6 is 11.8 Å². The van der Waals surface area contributed by atoms with E-state index >= 15 is 0 Å². The Balaban J connectivity index is 2.59. The van der Waals surface area contributed by atoms with Crippen molar-refractivity contribution in [3.8, 4) is 0 Å². The van der Waals surface area contributed by atoms with Crippen molar-refractivity contribution in [2.75, 3.05) is 12.3 Å². The quantitative estimate of drug-likeness (QED) is 0.766. The predicted octanol–water partition coefficient (Wildman–Crippen LogP) is 1.94. The van der Waals surface area contributed by atoms with Crippen LogP contribution in [0.4, 0.5) is 4.39 Å². The molecule has 17 heavy (non-hydrogen) atoms. The largest absolute Gasteiger partial charge is 0.392 e. The molecule has 0 heterocycles. The fraction of sp³-hybridized carbons (Fsp3) is 0.417. The molecule has 5 heteroatoms. The van der Waals surface area contributed by atoms with Crippen LogP contribution < -0.4 is 5.32 Å². The van der Waals surface area contributed by atoms with E-state index in [4.69, 9.17) is 5.11 Å². The monoisotopic (exact) mass is 257 g/mol. The summed E-state index contributed by atoms with van der Waals surface area (Å²) in [7, 11) is 0. The average Bonchev–Trinajstić information content (AvgIpc) is 2.34. The van der Waals surface area contributed by atoms with Gasteiger partial charge in [-0.2, -0.15) is 0 Å². The highest BCUT2D eigenvalue weighted by Gasteiger charge is 2.10. The van der Waals surface area contributed by atoms with Gasteiger partial charge in [-0.1, -0.05) is 19.1 Å². The maximum absolute atomic E-state index is 13.5. The van der Waals surface area contributed by atoms with E-state index in [0.29, 0.717) is 17.0 Å². The number of benzene rings is 1. The lowest BCUT2D eigenvalue weighted by molar-refractivity contribution is -0.118. The van der Waals surface area contributed by atoms with Gasteiger partial charge in [0.1, 0.15) is 5.82 Å². The Kier molecular flexibility index (Phi) is 6.00. The van der Waals surface area contributed by atoms with Crippen molar-refractivity contribution in [3.63, 3.8) is 0 Å². The summed E-state index contributed by atoms with van der Waals surface area (Å²) in [6, 6.07) is 4.52. The van der Waals surface area contributed by atoms with Crippen molar-refractivity contribution in [2.24, 2.45) is 0 Å². The van der Waals surface area contributed by atoms with Crippen LogP contribution in [0.1, 0.15) is 18.9 Å². The zero-order chi connectivity index (χ0) is 12.7. The molecule has 1 rings (SSSR count). The van der Waals surface area contributed by atoms with Crippen LogP contribution in [0.2, 0.25) is 0 Å². The number of aliphatic hydroxyl groups excluding tert-OH is 1. The number of carbonyl (C=O) groups excluding carboxylic acids is 1. The Labute approximate surface area is 104 Å². The van der Waals surface area contributed by atoms with E-state index in [2.05, 4.69) is 5.32 Å². The number of aliphatic hydroxyl groups is 1. The Bertz CT molecular complexity index is 385. The minimum atomic E-state index is -0.398. The fourth-order valence-electron chi connectivity index (χ4n) is 1.29. The number of hydrogen-bond donors (Lipinski definition) is 2. The molecule has 0 saturated carbocycles. The Morgan fingerprint density at radius 2 is 2.29 bits per heavy atom. The standard InChI is InChI=1S/C12H16FNO2S/c1-2-6-14-11(16)8-17-12-9(7-15)4-3-5-10(12)13/h3-5,15H,2,6-8H2,1H3,(H,14,16). The molecule has 1 amide bonds. The molecule has 0 spiro atoms. The number of thioether (sulfide) groups is 1. The molecule has 0 aliphatic heterocycles. The molecule has 0 aromatic heterocycles. The molecular formula is C12H16FNO2S. The maximum Gasteiger partial charge on any atom is 0.230 e. The van der Waals surface area contributed by atoms with Gasteiger partial charge in [0.05, 0.1) is 12.4 Å². The minimum Gasteiger partial charge on any atom is -0.392 e. The van der Waals surface area contributed by atoms with Crippen molar-refractivity contribution >= 4 is 17.7 Å². The van der Waals surface area contributed by atoms with Gasteiger partial charge in [0.25, 0.3) is 0 Å². The normalized spacial score (nSPS) is 10.3. The summed E-state index contributed by atoms with van der Waals surface area (Å²) in [6.45, 7) is 2.37. The molecule has 0 atom stereocenters. The van der Waals surface area contributed by atoms with E-state index in [0.717, 1.165) is 18.2 Å². The van der Waals surface area contributed by atoms with E-state index in [9.17, 15) is 9.18 Å². The first-order chi connectivity index (χ1) is 8.19. The van der Waals surface area contributed by atoms with Crippen molar-refractivity contribution in [1.29, 1.82) is 0 Å². The van der Waals surface area contributed by atoms with Gasteiger partial charge in [-0.3, -0.25) is 4.79 Å². The van der Waals surface area contributed by atoms with Crippen LogP contribution in [0.25, 0.3) is 0 Å². The van der Waals surface area contributed by atoms with Gasteiger partial charge in [0.15, 0.2) is 0 Å². The third kappa shape index (κ3) is 4.36. The van der Waals surface area contributed by atoms with Gasteiger partial charge in [0.2, 0.25) is 5.91 Å². The Morgan fingerprint density at radius 1 is 1.53 bits per heavy atom. The number of rotatable bonds is 6. The number of nitrogens with one attached hydrogen (secondary N) is 1. The van der Waals surface area contributed by atoms with Gasteiger partial charge < -0.3 is 10.4 Å². The zero-order valence-corrected chi connectivity index (χ0v) is 10.5. The summed E-state index contributed by atoms with van der Waals surface area (Å²) < 4.78 is 13.5. The first-order valence-electron chi connectivity index (χ1n) is 5.46. The lowest BCUT2D eigenvalue weighted by Crippen LogP contribution is -2.25. The first kappa shape index (κ1) is 14.0. The third-order valence-electron chi connectivity index (χ3n) is 2.14. The highest BCUT2D eigenvalue weighted by atomic mass is 32.2. The number of hydrogen-bond acceptors (Lipinski definition) is 3. The molecule has 2 N–H and O–H groups in total. The Morgan fingerprint density at radius 3 is 2.94 bits per heavy atom. The fourth-order valence-corrected chi connectivity index (χ4v) is 2.19. The number of amides is 1. The Hall–Kier alpha value is -1.07. The van der Waals surface area contributed by atoms with E-state index in [1.54, 1.807) is 12.1 Å². The summed E-state index contributed by atoms with van der Waals surface area (Å²) in [5.41, 5.74) is 0.512. The molecule has 0 bridgehead atoms. The SMILES string of the molecule is CCCNC(=O)CSc1c(F)cccc1CO. The molecule has 1 aromatic carbocycles. The van der Waals surface area contributed by atoms with E-state index in [1.807, 2.05) is 6.92 Å². The predicted molar refractivity (Wildman–Crippen MR) is 66.3 cm³/mol. The van der Waals surface area contributed by atoms with Gasteiger partial charge >= 0.3 is 0 Å². The van der Waals surface area contributed by atoms with Gasteiger partial charge in [-0.15, -0.1) is 11.8 Å². The average molecular weight is 257 g/mol. The first-order valence-corrected chi connectivity index (χ1v) is 6.45. The molecule has 0 aliphatic rings. The summed E-state index contributed by atoms with van der Waals surface area (Å²) in [5, 5.41) is 11.8. The minimum absolute atomic E-state index is 0.121. The molecule has 0 aliphatic carbocycles. The van der Waals surface area contributed by atoms with Crippen LogP contribution in [0, 0.1) is 5.82 Å². The molecule has 0 fully saturated rings. The maximum atomic E-state index is 13.5. The third-order valence-corrected chi connectivity index (χ3v) is 3.29. The van der Waals surface area contributed by atoms with Crippen molar-refractivity contribution in [2.45, 2.75) is 24.8 Å². The summed E-state index contributed by atoms with van der Waals surface area (Å²) in [5.74, 6) is -0.359. The lowest BCUT2D eigenvalue weighted by Gasteiger charge is -2.08. The molecule has 0 radical (unpaired) electrons. The van der Waals surface area contributed by atoms with Gasteiger partial charge in [-0.25, -0.2) is 4.39 Å². The van der Waals surface area contributed by atoms with Crippen LogP contribution in [-0.2, 0) is 11.4 Å². The van der Waals surface area contributed by atoms with E-state index < -0.39 is 5.82 Å². The van der Waals surface area contributed by atoms with Crippen LogP contribution in [0.3, 0.4) is 0 Å². The lowest BCUT2D eigenvalue weighted by atomic mass is 10.2. The van der Waals surface area contributed by atoms with Crippen LogP contribution in [0.15, 0.2) is 23.1 Å². The summed E-state index contributed by atoms with van der Waals surface area (Å²) >= 11 is 1.11. The topological polar surface area (TPSA) is 49.3 Å². The smallest absolute Gasteiger partial charge is 0.230 e. The summed E-state index contributed by atoms with van der Waals surface area (Å²) in [6.07, 6.45) is 0.873. The zero-order valence-electron chi connectivity index (χ0n) is 9.70. The van der Waals surface area contributed by atoms with Crippen molar-refractivity contribution < 1.29 is 14.3 Å². The number of halogens is 1. The highest BCUT2D eigenvalue weighted by molar-refractivity contribution is 8.00. The molecule has 1 aromatic rings. The molecule has 3 nitrogen and oxygen atoms in total. The van der Waals surface area contributed by atoms with E-state index in [1.165, 1.54) is 6.07 Å². The second kappa shape index (κ2) is 7.29. The molecule has 94 valence electrons. The molecular weight excluding hydrogens is 241 g/mol. The second-order valence-electron chi connectivity index (χ2n) is 3.52.